The van der Waals surface area contributed by atoms with Crippen LogP contribution in [0.2, 0.25) is 0 Å². The Hall–Kier alpha value is -0.990. The molecule has 0 saturated carbocycles. The summed E-state index contributed by atoms with van der Waals surface area (Å²) in [4.78, 5) is 36.1. The van der Waals surface area contributed by atoms with Crippen molar-refractivity contribution in [2.45, 2.75) is 187 Å². The van der Waals surface area contributed by atoms with Crippen molar-refractivity contribution in [1.29, 1.82) is 0 Å². The molecular formula is C38H76NO8P. The number of quaternary nitrogens is 1. The summed E-state index contributed by atoms with van der Waals surface area (Å²) in [7, 11) is 1.17. The summed E-state index contributed by atoms with van der Waals surface area (Å²) in [6, 6.07) is 0. The fourth-order valence-corrected chi connectivity index (χ4v) is 6.25. The van der Waals surface area contributed by atoms with Crippen LogP contribution in [0.25, 0.3) is 0 Å². The lowest BCUT2D eigenvalue weighted by Crippen LogP contribution is -2.37. The van der Waals surface area contributed by atoms with E-state index in [1.165, 1.54) is 135 Å². The first-order valence-corrected chi connectivity index (χ1v) is 21.2. The average molecular weight is 706 g/mol. The monoisotopic (exact) mass is 706 g/mol. The highest BCUT2D eigenvalue weighted by molar-refractivity contribution is 7.45. The Kier molecular flexibility index (Phi) is 31.3. The van der Waals surface area contributed by atoms with Crippen molar-refractivity contribution in [3.05, 3.63) is 0 Å². The maximum Gasteiger partial charge on any atom is 0.306 e. The zero-order valence-electron chi connectivity index (χ0n) is 32.0. The number of unbranched alkanes of at least 4 members (excludes halogenated alkanes) is 23. The number of nitrogens with zero attached hydrogens (tertiary/aromatic N) is 1. The van der Waals surface area contributed by atoms with Crippen molar-refractivity contribution in [2.24, 2.45) is 0 Å². The molecule has 0 aliphatic carbocycles. The van der Waals surface area contributed by atoms with Crippen molar-refractivity contribution < 1.29 is 42.1 Å². The number of ether oxygens (including phenoxy) is 2. The van der Waals surface area contributed by atoms with Crippen LogP contribution in [0.3, 0.4) is 0 Å². The molecule has 0 heterocycles. The van der Waals surface area contributed by atoms with Crippen molar-refractivity contribution in [1.82, 2.24) is 0 Å². The highest BCUT2D eigenvalue weighted by Crippen LogP contribution is 2.38. The van der Waals surface area contributed by atoms with E-state index in [1.807, 2.05) is 21.1 Å². The predicted molar refractivity (Wildman–Crippen MR) is 195 cm³/mol. The van der Waals surface area contributed by atoms with E-state index in [9.17, 15) is 19.0 Å². The van der Waals surface area contributed by atoms with E-state index in [4.69, 9.17) is 18.5 Å². The van der Waals surface area contributed by atoms with Crippen LogP contribution in [-0.4, -0.2) is 70.0 Å². The molecule has 0 amide bonds. The van der Waals surface area contributed by atoms with E-state index < -0.39 is 32.5 Å². The molecule has 0 aromatic carbocycles. The number of phosphoric acid groups is 1. The van der Waals surface area contributed by atoms with Gasteiger partial charge in [0.15, 0.2) is 6.10 Å². The Balaban J connectivity index is 3.77. The fraction of sp³-hybridized carbons (Fsp3) is 0.947. The minimum absolute atomic E-state index is 0.0287. The van der Waals surface area contributed by atoms with Gasteiger partial charge in [-0.05, 0) is 6.42 Å². The van der Waals surface area contributed by atoms with Crippen molar-refractivity contribution >= 4 is 19.8 Å². The predicted octanol–water partition coefficient (Wildman–Crippen LogP) is 9.83. The SMILES string of the molecule is CCCCCCCCCCCCCCCCCCCCCCCCCCC(=O)OC(COC(=O)CC)COP(=O)([O-])OCC[N+](C)(C)C. The smallest absolute Gasteiger partial charge is 0.306 e. The standard InChI is InChI=1S/C38H76NO8P/c1-6-8-9-10-11-12-13-14-15-16-17-18-19-20-21-22-23-24-25-26-27-28-29-30-31-38(41)47-36(34-44-37(40)7-2)35-46-48(42,43)45-33-32-39(3,4)5/h36H,6-35H2,1-5H3. The average Bonchev–Trinajstić information content (AvgIpc) is 3.03. The van der Waals surface area contributed by atoms with Crippen LogP contribution in [0, 0.1) is 0 Å². The fourth-order valence-electron chi connectivity index (χ4n) is 5.52. The van der Waals surface area contributed by atoms with Gasteiger partial charge in [-0.15, -0.1) is 0 Å². The van der Waals surface area contributed by atoms with Crippen molar-refractivity contribution in [3.8, 4) is 0 Å². The first-order chi connectivity index (χ1) is 23.0. The number of carbonyl (C=O) groups is 2. The largest absolute Gasteiger partial charge is 0.756 e. The van der Waals surface area contributed by atoms with Gasteiger partial charge in [0.25, 0.3) is 7.82 Å². The van der Waals surface area contributed by atoms with Gasteiger partial charge in [0.2, 0.25) is 0 Å². The maximum absolute atomic E-state index is 12.4. The molecule has 10 heteroatoms. The first-order valence-electron chi connectivity index (χ1n) is 19.7. The Bertz CT molecular complexity index is 804. The Morgan fingerprint density at radius 3 is 1.35 bits per heavy atom. The first kappa shape index (κ1) is 47.0. The molecule has 0 radical (unpaired) electrons. The lowest BCUT2D eigenvalue weighted by atomic mass is 10.0. The number of carbonyl (C=O) groups excluding carboxylic acids is 2. The molecule has 0 spiro atoms. The van der Waals surface area contributed by atoms with E-state index >= 15 is 0 Å². The number of esters is 2. The molecule has 0 rings (SSSR count). The Morgan fingerprint density at radius 1 is 0.583 bits per heavy atom. The van der Waals surface area contributed by atoms with E-state index in [-0.39, 0.29) is 26.1 Å². The van der Waals surface area contributed by atoms with Crippen molar-refractivity contribution in [3.63, 3.8) is 0 Å². The van der Waals surface area contributed by atoms with Crippen LogP contribution in [0.1, 0.15) is 181 Å². The van der Waals surface area contributed by atoms with Crippen LogP contribution in [0.4, 0.5) is 0 Å². The summed E-state index contributed by atoms with van der Waals surface area (Å²) in [5.41, 5.74) is 0. The van der Waals surface area contributed by atoms with Crippen LogP contribution in [0.5, 0.6) is 0 Å². The number of rotatable bonds is 36. The van der Waals surface area contributed by atoms with Gasteiger partial charge in [-0.3, -0.25) is 14.2 Å². The molecule has 0 bridgehead atoms. The van der Waals surface area contributed by atoms with Crippen LogP contribution in [0.15, 0.2) is 0 Å². The topological polar surface area (TPSA) is 111 Å². The Morgan fingerprint density at radius 2 is 0.979 bits per heavy atom. The molecule has 0 saturated heterocycles. The van der Waals surface area contributed by atoms with Gasteiger partial charge in [-0.1, -0.05) is 162 Å². The van der Waals surface area contributed by atoms with Gasteiger partial charge in [0.1, 0.15) is 19.8 Å². The van der Waals surface area contributed by atoms with Gasteiger partial charge in [-0.25, -0.2) is 0 Å². The highest BCUT2D eigenvalue weighted by Gasteiger charge is 2.21. The molecule has 0 aliphatic heterocycles. The van der Waals surface area contributed by atoms with Gasteiger partial charge in [0, 0.05) is 12.8 Å². The lowest BCUT2D eigenvalue weighted by molar-refractivity contribution is -0.870. The second kappa shape index (κ2) is 32.0. The molecular weight excluding hydrogens is 629 g/mol. The summed E-state index contributed by atoms with van der Waals surface area (Å²) in [6.07, 6.45) is 31.0. The molecule has 0 aromatic heterocycles. The zero-order chi connectivity index (χ0) is 35.8. The molecule has 0 N–H and O–H groups in total. The third kappa shape index (κ3) is 34.9. The van der Waals surface area contributed by atoms with Gasteiger partial charge < -0.3 is 27.9 Å². The van der Waals surface area contributed by atoms with E-state index in [1.54, 1.807) is 6.92 Å². The molecule has 286 valence electrons. The number of hydrogen-bond donors (Lipinski definition) is 0. The molecule has 0 fully saturated rings. The summed E-state index contributed by atoms with van der Waals surface area (Å²) >= 11 is 0. The zero-order valence-corrected chi connectivity index (χ0v) is 32.8. The second-order valence-electron chi connectivity index (χ2n) is 14.6. The highest BCUT2D eigenvalue weighted by atomic mass is 31.2. The van der Waals surface area contributed by atoms with Gasteiger partial charge in [-0.2, -0.15) is 0 Å². The molecule has 2 unspecified atom stereocenters. The molecule has 48 heavy (non-hydrogen) atoms. The molecule has 0 aliphatic rings. The van der Waals surface area contributed by atoms with Gasteiger partial charge in [0.05, 0.1) is 27.7 Å². The Labute approximate surface area is 295 Å². The number of phosphoric ester groups is 1. The van der Waals surface area contributed by atoms with E-state index in [0.29, 0.717) is 17.4 Å². The lowest BCUT2D eigenvalue weighted by Gasteiger charge is -2.28. The quantitative estimate of drug-likeness (QED) is 0.0274. The minimum Gasteiger partial charge on any atom is -0.756 e. The molecule has 2 atom stereocenters. The van der Waals surface area contributed by atoms with Crippen molar-refractivity contribution in [2.75, 3.05) is 47.5 Å². The normalized spacial score (nSPS) is 13.7. The van der Waals surface area contributed by atoms with E-state index in [2.05, 4.69) is 6.92 Å². The van der Waals surface area contributed by atoms with Gasteiger partial charge >= 0.3 is 11.9 Å². The summed E-state index contributed by atoms with van der Waals surface area (Å²) < 4.78 is 33.0. The number of likely N-dealkylation sites (N-methyl/N-ethyl adjacent to an activating group) is 1. The third-order valence-corrected chi connectivity index (χ3v) is 9.65. The molecule has 9 nitrogen and oxygen atoms in total. The number of hydrogen-bond acceptors (Lipinski definition) is 8. The minimum atomic E-state index is -4.58. The summed E-state index contributed by atoms with van der Waals surface area (Å²) in [6.45, 7) is 3.64. The maximum atomic E-state index is 12.4. The van der Waals surface area contributed by atoms with E-state index in [0.717, 1.165) is 12.8 Å². The summed E-state index contributed by atoms with van der Waals surface area (Å²) in [5, 5.41) is 0. The van der Waals surface area contributed by atoms with Crippen LogP contribution < -0.4 is 4.89 Å². The third-order valence-electron chi connectivity index (χ3n) is 8.68. The second-order valence-corrected chi connectivity index (χ2v) is 16.0. The van der Waals surface area contributed by atoms with Crippen LogP contribution >= 0.6 is 7.82 Å². The molecule has 0 aromatic rings. The summed E-state index contributed by atoms with van der Waals surface area (Å²) in [5.74, 6) is -0.924. The van der Waals surface area contributed by atoms with Crippen LogP contribution in [-0.2, 0) is 32.7 Å².